The average Bonchev–Trinajstić information content (AvgIpc) is 2.58. The maximum absolute atomic E-state index is 12.6. The minimum Gasteiger partial charge on any atom is -0.326 e. The van der Waals surface area contributed by atoms with Crippen LogP contribution >= 0.6 is 0 Å². The van der Waals surface area contributed by atoms with Crippen molar-refractivity contribution in [3.8, 4) is 0 Å². The van der Waals surface area contributed by atoms with Crippen molar-refractivity contribution in [3.05, 3.63) is 54.1 Å². The first-order chi connectivity index (χ1) is 12.2. The Balaban J connectivity index is 2.05. The quantitative estimate of drug-likeness (QED) is 0.718. The normalized spacial score (nSPS) is 10.8. The van der Waals surface area contributed by atoms with Gasteiger partial charge in [0.05, 0.1) is 0 Å². The summed E-state index contributed by atoms with van der Waals surface area (Å²) in [7, 11) is 0. The fourth-order valence-corrected chi connectivity index (χ4v) is 2.22. The molecule has 0 radical (unpaired) electrons. The number of carbonyl (C=O) groups excluding carboxylic acids is 3. The number of nitrogens with one attached hydrogen (secondary N) is 3. The number of rotatable bonds is 5. The third kappa shape index (κ3) is 4.69. The van der Waals surface area contributed by atoms with E-state index in [0.29, 0.717) is 17.1 Å². The molecule has 0 bridgehead atoms. The third-order valence-electron chi connectivity index (χ3n) is 3.99. The Morgan fingerprint density at radius 1 is 0.769 bits per heavy atom. The molecule has 0 saturated carbocycles. The van der Waals surface area contributed by atoms with E-state index >= 15 is 0 Å². The van der Waals surface area contributed by atoms with Crippen molar-refractivity contribution in [1.29, 1.82) is 0 Å². The fourth-order valence-electron chi connectivity index (χ4n) is 2.22. The number of carbonyl (C=O) groups is 3. The van der Waals surface area contributed by atoms with Crippen molar-refractivity contribution in [2.24, 2.45) is 5.41 Å². The molecule has 0 heterocycles. The molecule has 2 rings (SSSR count). The van der Waals surface area contributed by atoms with Crippen LogP contribution in [0.15, 0.2) is 48.5 Å². The van der Waals surface area contributed by atoms with Gasteiger partial charge in [0.15, 0.2) is 0 Å². The molecule has 2 aromatic rings. The summed E-state index contributed by atoms with van der Waals surface area (Å²) < 4.78 is 0. The first kappa shape index (κ1) is 19.2. The number of aryl methyl sites for hydroxylation is 1. The predicted molar refractivity (Wildman–Crippen MR) is 103 cm³/mol. The summed E-state index contributed by atoms with van der Waals surface area (Å²) in [6.45, 7) is 6.45. The van der Waals surface area contributed by atoms with Gasteiger partial charge >= 0.3 is 0 Å². The van der Waals surface area contributed by atoms with Crippen molar-refractivity contribution in [2.75, 3.05) is 16.0 Å². The lowest BCUT2D eigenvalue weighted by Gasteiger charge is -2.23. The number of benzene rings is 2. The Labute approximate surface area is 153 Å². The lowest BCUT2D eigenvalue weighted by molar-refractivity contribution is -0.135. The Kier molecular flexibility index (Phi) is 5.77. The van der Waals surface area contributed by atoms with Crippen LogP contribution in [-0.4, -0.2) is 17.7 Å². The van der Waals surface area contributed by atoms with Crippen molar-refractivity contribution in [2.45, 2.75) is 27.7 Å². The summed E-state index contributed by atoms with van der Waals surface area (Å²) in [6.07, 6.45) is 0. The van der Waals surface area contributed by atoms with Gasteiger partial charge in [-0.15, -0.1) is 0 Å². The number of hydrogen-bond donors (Lipinski definition) is 3. The molecule has 0 aliphatic carbocycles. The SMILES string of the molecule is CC(=O)Nc1ccc(NC(=O)C(C)(C)C(=O)Nc2ccccc2C)cc1. The van der Waals surface area contributed by atoms with Crippen LogP contribution < -0.4 is 16.0 Å². The van der Waals surface area contributed by atoms with E-state index in [9.17, 15) is 14.4 Å². The van der Waals surface area contributed by atoms with Gasteiger partial charge in [-0.25, -0.2) is 0 Å². The molecule has 0 aromatic heterocycles. The van der Waals surface area contributed by atoms with E-state index < -0.39 is 11.3 Å². The van der Waals surface area contributed by atoms with Crippen molar-refractivity contribution in [3.63, 3.8) is 0 Å². The molecular weight excluding hydrogens is 330 g/mol. The first-order valence-corrected chi connectivity index (χ1v) is 8.26. The minimum absolute atomic E-state index is 0.171. The largest absolute Gasteiger partial charge is 0.326 e. The van der Waals surface area contributed by atoms with Crippen LogP contribution in [0, 0.1) is 12.3 Å². The van der Waals surface area contributed by atoms with Gasteiger partial charge in [-0.3, -0.25) is 14.4 Å². The van der Waals surface area contributed by atoms with Crippen LogP contribution in [0.25, 0.3) is 0 Å². The maximum Gasteiger partial charge on any atom is 0.239 e. The Morgan fingerprint density at radius 3 is 1.81 bits per heavy atom. The van der Waals surface area contributed by atoms with Gasteiger partial charge in [0.2, 0.25) is 17.7 Å². The van der Waals surface area contributed by atoms with E-state index in [1.807, 2.05) is 25.1 Å². The van der Waals surface area contributed by atoms with E-state index in [4.69, 9.17) is 0 Å². The zero-order chi connectivity index (χ0) is 19.3. The van der Waals surface area contributed by atoms with E-state index in [0.717, 1.165) is 5.56 Å². The summed E-state index contributed by atoms with van der Waals surface area (Å²) in [4.78, 5) is 36.2. The summed E-state index contributed by atoms with van der Waals surface area (Å²) >= 11 is 0. The molecule has 26 heavy (non-hydrogen) atoms. The highest BCUT2D eigenvalue weighted by atomic mass is 16.2. The van der Waals surface area contributed by atoms with Crippen LogP contribution in [0.3, 0.4) is 0 Å². The topological polar surface area (TPSA) is 87.3 Å². The van der Waals surface area contributed by atoms with Crippen LogP contribution in [0.4, 0.5) is 17.1 Å². The summed E-state index contributed by atoms with van der Waals surface area (Å²) in [5.74, 6) is -0.981. The zero-order valence-corrected chi connectivity index (χ0v) is 15.3. The molecule has 2 aromatic carbocycles. The van der Waals surface area contributed by atoms with Gasteiger partial charge in [0, 0.05) is 24.0 Å². The molecule has 3 amide bonds. The van der Waals surface area contributed by atoms with E-state index in [1.54, 1.807) is 44.2 Å². The van der Waals surface area contributed by atoms with Gasteiger partial charge in [-0.2, -0.15) is 0 Å². The molecule has 6 nitrogen and oxygen atoms in total. The van der Waals surface area contributed by atoms with Gasteiger partial charge in [0.25, 0.3) is 0 Å². The molecule has 0 fully saturated rings. The van der Waals surface area contributed by atoms with Gasteiger partial charge in [0.1, 0.15) is 5.41 Å². The van der Waals surface area contributed by atoms with Crippen molar-refractivity contribution in [1.82, 2.24) is 0 Å². The molecule has 0 aliphatic heterocycles. The number of amides is 3. The smallest absolute Gasteiger partial charge is 0.239 e. The Morgan fingerprint density at radius 2 is 1.27 bits per heavy atom. The number of hydrogen-bond acceptors (Lipinski definition) is 3. The van der Waals surface area contributed by atoms with E-state index in [1.165, 1.54) is 6.92 Å². The second-order valence-corrected chi connectivity index (χ2v) is 6.61. The van der Waals surface area contributed by atoms with Crippen molar-refractivity contribution < 1.29 is 14.4 Å². The highest BCUT2D eigenvalue weighted by Crippen LogP contribution is 2.23. The lowest BCUT2D eigenvalue weighted by atomic mass is 9.90. The van der Waals surface area contributed by atoms with Crippen molar-refractivity contribution >= 4 is 34.8 Å². The van der Waals surface area contributed by atoms with Crippen LogP contribution in [0.1, 0.15) is 26.3 Å². The first-order valence-electron chi connectivity index (χ1n) is 8.26. The maximum atomic E-state index is 12.6. The third-order valence-corrected chi connectivity index (χ3v) is 3.99. The van der Waals surface area contributed by atoms with Crippen LogP contribution in [-0.2, 0) is 14.4 Å². The summed E-state index contributed by atoms with van der Waals surface area (Å²) in [6, 6.07) is 14.1. The fraction of sp³-hybridized carbons (Fsp3) is 0.250. The molecule has 0 saturated heterocycles. The lowest BCUT2D eigenvalue weighted by Crippen LogP contribution is -2.41. The van der Waals surface area contributed by atoms with E-state index in [-0.39, 0.29) is 11.8 Å². The highest BCUT2D eigenvalue weighted by molar-refractivity contribution is 6.14. The second kappa shape index (κ2) is 7.82. The second-order valence-electron chi connectivity index (χ2n) is 6.61. The van der Waals surface area contributed by atoms with E-state index in [2.05, 4.69) is 16.0 Å². The number of para-hydroxylation sites is 1. The number of anilines is 3. The Hall–Kier alpha value is -3.15. The minimum atomic E-state index is -1.27. The standard InChI is InChI=1S/C20H23N3O3/c1-13-7-5-6-8-17(13)23-19(26)20(3,4)18(25)22-16-11-9-15(10-12-16)21-14(2)24/h5-12H,1-4H3,(H,21,24)(H,22,25)(H,23,26). The summed E-state index contributed by atoms with van der Waals surface area (Å²) in [5, 5.41) is 8.18. The average molecular weight is 353 g/mol. The predicted octanol–water partition coefficient (Wildman–Crippen LogP) is 3.56. The molecule has 6 heteroatoms. The van der Waals surface area contributed by atoms with Crippen LogP contribution in [0.5, 0.6) is 0 Å². The van der Waals surface area contributed by atoms with Gasteiger partial charge < -0.3 is 16.0 Å². The molecule has 0 unspecified atom stereocenters. The molecule has 0 spiro atoms. The summed E-state index contributed by atoms with van der Waals surface area (Å²) in [5.41, 5.74) is 1.51. The van der Waals surface area contributed by atoms with Gasteiger partial charge in [-0.05, 0) is 56.7 Å². The zero-order valence-electron chi connectivity index (χ0n) is 15.3. The molecule has 0 atom stereocenters. The highest BCUT2D eigenvalue weighted by Gasteiger charge is 2.36. The Bertz CT molecular complexity index is 826. The molecule has 136 valence electrons. The molecular formula is C20H23N3O3. The van der Waals surface area contributed by atoms with Gasteiger partial charge in [-0.1, -0.05) is 18.2 Å². The molecule has 3 N–H and O–H groups in total. The monoisotopic (exact) mass is 353 g/mol. The molecule has 0 aliphatic rings. The van der Waals surface area contributed by atoms with Crippen LogP contribution in [0.2, 0.25) is 0 Å².